The molecule has 174 valence electrons. The highest BCUT2D eigenvalue weighted by Gasteiger charge is 2.32. The number of H-pyrrole nitrogens is 1. The molecular weight excluding hydrogens is 433 g/mol. The molecule has 0 aliphatic rings. The molecule has 0 aliphatic carbocycles. The van der Waals surface area contributed by atoms with Gasteiger partial charge in [0, 0.05) is 33.9 Å². The van der Waals surface area contributed by atoms with Crippen LogP contribution in [-0.2, 0) is 19.1 Å². The molecule has 1 aromatic heterocycles. The van der Waals surface area contributed by atoms with E-state index in [0.717, 1.165) is 34.3 Å². The van der Waals surface area contributed by atoms with E-state index in [1.807, 2.05) is 43.3 Å². The smallest absolute Gasteiger partial charge is 0.411 e. The number of halogens is 1. The summed E-state index contributed by atoms with van der Waals surface area (Å²) in [6.45, 7) is 2.75. The molecule has 0 saturated heterocycles. The number of nitrogens with one attached hydrogen (secondary N) is 3. The van der Waals surface area contributed by atoms with Gasteiger partial charge in [-0.1, -0.05) is 18.2 Å². The first-order chi connectivity index (χ1) is 15.7. The third-order valence-corrected chi connectivity index (χ3v) is 5.15. The lowest BCUT2D eigenvalue weighted by Gasteiger charge is -2.17. The molecule has 0 fully saturated rings. The lowest BCUT2D eigenvalue weighted by Crippen LogP contribution is -2.49. The van der Waals surface area contributed by atoms with Gasteiger partial charge >= 0.3 is 12.1 Å². The van der Waals surface area contributed by atoms with Gasteiger partial charge in [0.2, 0.25) is 12.1 Å². The van der Waals surface area contributed by atoms with Crippen LogP contribution in [0.4, 0.5) is 14.9 Å². The number of rotatable bonds is 9. The number of hydrogen-bond acceptors (Lipinski definition) is 5. The molecular formula is C23H24FN3O6. The van der Waals surface area contributed by atoms with Gasteiger partial charge in [-0.15, -0.1) is 0 Å². The van der Waals surface area contributed by atoms with Crippen molar-refractivity contribution in [1.82, 2.24) is 10.3 Å². The van der Waals surface area contributed by atoms with Crippen molar-refractivity contribution in [2.75, 3.05) is 11.9 Å². The number of Topliss-reactive ketones (excluding diaryl/α,β-unsaturated/α-hetero) is 1. The van der Waals surface area contributed by atoms with E-state index in [1.54, 1.807) is 0 Å². The molecule has 0 spiro atoms. The molecule has 2 amide bonds. The number of benzene rings is 2. The maximum atomic E-state index is 13.6. The second-order valence-corrected chi connectivity index (χ2v) is 7.64. The monoisotopic (exact) mass is 457 g/mol. The summed E-state index contributed by atoms with van der Waals surface area (Å²) in [6, 6.07) is 9.89. The highest BCUT2D eigenvalue weighted by atomic mass is 19.1. The number of anilines is 1. The normalized spacial score (nSPS) is 12.8. The minimum Gasteiger partial charge on any atom is -0.479 e. The predicted molar refractivity (Wildman–Crippen MR) is 120 cm³/mol. The van der Waals surface area contributed by atoms with Gasteiger partial charge in [-0.2, -0.15) is 0 Å². The summed E-state index contributed by atoms with van der Waals surface area (Å²) >= 11 is 0. The third kappa shape index (κ3) is 5.65. The van der Waals surface area contributed by atoms with Gasteiger partial charge in [-0.05, 0) is 44.0 Å². The summed E-state index contributed by atoms with van der Waals surface area (Å²) in [5, 5.41) is 15.5. The van der Waals surface area contributed by atoms with Crippen molar-refractivity contribution in [1.29, 1.82) is 0 Å². The van der Waals surface area contributed by atoms with E-state index in [1.165, 1.54) is 0 Å². The van der Waals surface area contributed by atoms with Crippen LogP contribution in [0.5, 0.6) is 0 Å². The fourth-order valence-corrected chi connectivity index (χ4v) is 3.45. The van der Waals surface area contributed by atoms with Gasteiger partial charge in [-0.25, -0.2) is 14.0 Å². The Kier molecular flexibility index (Phi) is 7.27. The van der Waals surface area contributed by atoms with E-state index in [4.69, 9.17) is 9.84 Å². The van der Waals surface area contributed by atoms with Crippen LogP contribution in [0.2, 0.25) is 0 Å². The number of aromatic amines is 1. The molecule has 0 saturated carbocycles. The lowest BCUT2D eigenvalue weighted by atomic mass is 10.1. The van der Waals surface area contributed by atoms with Crippen molar-refractivity contribution < 1.29 is 33.4 Å². The maximum absolute atomic E-state index is 13.6. The minimum atomic E-state index is -2.54. The van der Waals surface area contributed by atoms with E-state index < -0.39 is 36.0 Å². The molecule has 3 rings (SSSR count). The molecule has 2 atom stereocenters. The first kappa shape index (κ1) is 23.7. The SMILES string of the molecule is CC(=O)[C@H](NC(=O)CCCOC(=O)Nc1cc2[nH]c3ccccc3c2cc1C)[C@H](F)C(=O)O. The molecule has 9 nitrogen and oxygen atoms in total. The van der Waals surface area contributed by atoms with E-state index in [9.17, 15) is 23.6 Å². The Labute approximate surface area is 188 Å². The first-order valence-electron chi connectivity index (χ1n) is 10.3. The number of carbonyl (C=O) groups excluding carboxylic acids is 3. The molecule has 33 heavy (non-hydrogen) atoms. The van der Waals surface area contributed by atoms with Crippen molar-refractivity contribution >= 4 is 51.2 Å². The topological polar surface area (TPSA) is 138 Å². The number of carboxylic acid groups (broad SMARTS) is 1. The van der Waals surface area contributed by atoms with Crippen molar-refractivity contribution in [3.63, 3.8) is 0 Å². The summed E-state index contributed by atoms with van der Waals surface area (Å²) in [6.07, 6.45) is -3.31. The van der Waals surface area contributed by atoms with Crippen LogP contribution in [0, 0.1) is 6.92 Å². The second kappa shape index (κ2) is 10.1. The van der Waals surface area contributed by atoms with Crippen molar-refractivity contribution in [2.45, 2.75) is 38.9 Å². The van der Waals surface area contributed by atoms with Gasteiger partial charge < -0.3 is 20.1 Å². The Morgan fingerprint density at radius 2 is 1.85 bits per heavy atom. The molecule has 10 heteroatoms. The Hall–Kier alpha value is -3.95. The van der Waals surface area contributed by atoms with E-state index in [-0.39, 0.29) is 19.4 Å². The summed E-state index contributed by atoms with van der Waals surface area (Å²) < 4.78 is 18.7. The van der Waals surface area contributed by atoms with Gasteiger partial charge in [0.1, 0.15) is 6.04 Å². The van der Waals surface area contributed by atoms with Crippen molar-refractivity contribution in [2.24, 2.45) is 0 Å². The van der Waals surface area contributed by atoms with Gasteiger partial charge in [-0.3, -0.25) is 14.9 Å². The minimum absolute atomic E-state index is 0.102. The highest BCUT2D eigenvalue weighted by molar-refractivity contribution is 6.09. The molecule has 0 unspecified atom stereocenters. The molecule has 0 bridgehead atoms. The van der Waals surface area contributed by atoms with Crippen LogP contribution in [0.1, 0.15) is 25.3 Å². The molecule has 0 aliphatic heterocycles. The zero-order valence-corrected chi connectivity index (χ0v) is 18.1. The van der Waals surface area contributed by atoms with E-state index in [0.29, 0.717) is 5.69 Å². The van der Waals surface area contributed by atoms with Crippen LogP contribution in [0.25, 0.3) is 21.8 Å². The number of hydrogen-bond donors (Lipinski definition) is 4. The number of aryl methyl sites for hydroxylation is 1. The Bertz CT molecular complexity index is 1220. The van der Waals surface area contributed by atoms with Crippen molar-refractivity contribution in [3.05, 3.63) is 42.0 Å². The fourth-order valence-electron chi connectivity index (χ4n) is 3.45. The van der Waals surface area contributed by atoms with Gasteiger partial charge in [0.05, 0.1) is 6.61 Å². The summed E-state index contributed by atoms with van der Waals surface area (Å²) in [5.74, 6) is -3.36. The number of ketones is 1. The van der Waals surface area contributed by atoms with Gasteiger partial charge in [0.25, 0.3) is 0 Å². The Morgan fingerprint density at radius 1 is 1.12 bits per heavy atom. The number of fused-ring (bicyclic) bond motifs is 3. The average molecular weight is 457 g/mol. The van der Waals surface area contributed by atoms with Crippen LogP contribution >= 0.6 is 0 Å². The zero-order valence-electron chi connectivity index (χ0n) is 18.1. The maximum Gasteiger partial charge on any atom is 0.411 e. The standard InChI is InChI=1S/C23H24FN3O6/c1-12-10-15-14-6-3-4-7-16(14)25-18(15)11-17(12)26-23(32)33-9-5-8-19(29)27-21(13(2)28)20(24)22(30)31/h3-4,6-7,10-11,20-21,25H,5,8-9H2,1-2H3,(H,26,32)(H,27,29)(H,30,31)/t20-,21-/m0/s1. The molecule has 0 radical (unpaired) electrons. The van der Waals surface area contributed by atoms with E-state index >= 15 is 0 Å². The number of carbonyl (C=O) groups is 4. The molecule has 1 heterocycles. The number of para-hydroxylation sites is 1. The molecule has 2 aromatic carbocycles. The summed E-state index contributed by atoms with van der Waals surface area (Å²) in [4.78, 5) is 49.4. The average Bonchev–Trinajstić information content (AvgIpc) is 3.12. The Balaban J connectivity index is 1.50. The third-order valence-electron chi connectivity index (χ3n) is 5.15. The quantitative estimate of drug-likeness (QED) is 0.363. The Morgan fingerprint density at radius 3 is 2.55 bits per heavy atom. The summed E-state index contributed by atoms with van der Waals surface area (Å²) in [7, 11) is 0. The first-order valence-corrected chi connectivity index (χ1v) is 10.3. The lowest BCUT2D eigenvalue weighted by molar-refractivity contribution is -0.146. The largest absolute Gasteiger partial charge is 0.479 e. The summed E-state index contributed by atoms with van der Waals surface area (Å²) in [5.41, 5.74) is 3.27. The van der Waals surface area contributed by atoms with Gasteiger partial charge in [0.15, 0.2) is 5.78 Å². The van der Waals surface area contributed by atoms with Crippen LogP contribution < -0.4 is 10.6 Å². The van der Waals surface area contributed by atoms with Crippen LogP contribution in [-0.4, -0.2) is 52.7 Å². The number of aromatic nitrogens is 1. The number of amides is 2. The zero-order chi connectivity index (χ0) is 24.1. The van der Waals surface area contributed by atoms with Crippen LogP contribution in [0.3, 0.4) is 0 Å². The molecule has 3 aromatic rings. The molecule has 4 N–H and O–H groups in total. The number of carboxylic acids is 1. The predicted octanol–water partition coefficient (Wildman–Crippen LogP) is 3.45. The second-order valence-electron chi connectivity index (χ2n) is 7.64. The number of alkyl halides is 1. The van der Waals surface area contributed by atoms with E-state index in [2.05, 4.69) is 15.6 Å². The van der Waals surface area contributed by atoms with Crippen LogP contribution in [0.15, 0.2) is 36.4 Å². The number of aliphatic carboxylic acids is 1. The van der Waals surface area contributed by atoms with Crippen molar-refractivity contribution in [3.8, 4) is 0 Å². The fraction of sp³-hybridized carbons (Fsp3) is 0.304. The highest BCUT2D eigenvalue weighted by Crippen LogP contribution is 2.29. The number of ether oxygens (including phenoxy) is 1.